The van der Waals surface area contributed by atoms with Crippen molar-refractivity contribution in [2.45, 2.75) is 26.8 Å². The van der Waals surface area contributed by atoms with Crippen LogP contribution in [0.3, 0.4) is 0 Å². The fourth-order valence-electron chi connectivity index (χ4n) is 3.28. The van der Waals surface area contributed by atoms with Crippen molar-refractivity contribution in [1.29, 1.82) is 0 Å². The molecule has 0 saturated heterocycles. The molecule has 150 valence electrons. The van der Waals surface area contributed by atoms with E-state index in [1.165, 1.54) is 5.56 Å². The second-order valence-electron chi connectivity index (χ2n) is 6.97. The Bertz CT molecular complexity index is 988. The highest BCUT2D eigenvalue weighted by Crippen LogP contribution is 2.18. The number of methoxy groups -OCH3 is 1. The summed E-state index contributed by atoms with van der Waals surface area (Å²) in [4.78, 5) is 24.7. The van der Waals surface area contributed by atoms with E-state index in [0.29, 0.717) is 12.1 Å². The van der Waals surface area contributed by atoms with Gasteiger partial charge in [0.2, 0.25) is 5.78 Å². The number of Topliss-reactive ketones (excluding diaryl/α,β-unsaturated/α-hetero) is 1. The van der Waals surface area contributed by atoms with Crippen LogP contribution in [-0.4, -0.2) is 30.0 Å². The van der Waals surface area contributed by atoms with E-state index < -0.39 is 5.97 Å². The number of hydrogen-bond acceptors (Lipinski definition) is 4. The minimum absolute atomic E-state index is 0.115. The summed E-state index contributed by atoms with van der Waals surface area (Å²) in [5.74, 6) is 0.102. The summed E-state index contributed by atoms with van der Waals surface area (Å²) in [5.41, 5.74) is 4.45. The molecule has 0 fully saturated rings. The monoisotopic (exact) mass is 391 g/mol. The molecule has 1 aromatic heterocycles. The van der Waals surface area contributed by atoms with Gasteiger partial charge in [-0.3, -0.25) is 9.59 Å². The van der Waals surface area contributed by atoms with Gasteiger partial charge in [0.05, 0.1) is 13.5 Å². The second-order valence-corrected chi connectivity index (χ2v) is 6.97. The molecule has 0 aliphatic rings. The van der Waals surface area contributed by atoms with Crippen molar-refractivity contribution in [3.05, 3.63) is 88.7 Å². The van der Waals surface area contributed by atoms with Gasteiger partial charge in [0.25, 0.3) is 0 Å². The molecule has 0 bridgehead atoms. The van der Waals surface area contributed by atoms with Gasteiger partial charge < -0.3 is 14.0 Å². The number of aryl methyl sites for hydroxylation is 1. The number of ether oxygens (including phenoxy) is 2. The highest BCUT2D eigenvalue weighted by molar-refractivity contribution is 5.99. The fraction of sp³-hybridized carbons (Fsp3) is 0.250. The second kappa shape index (κ2) is 9.24. The van der Waals surface area contributed by atoms with Gasteiger partial charge in [-0.2, -0.15) is 0 Å². The predicted octanol–water partition coefficient (Wildman–Crippen LogP) is 4.13. The topological polar surface area (TPSA) is 57.5 Å². The molecular formula is C24H25NO4. The summed E-state index contributed by atoms with van der Waals surface area (Å²) in [5, 5.41) is 0. The Morgan fingerprint density at radius 2 is 1.62 bits per heavy atom. The average molecular weight is 391 g/mol. The zero-order valence-electron chi connectivity index (χ0n) is 17.0. The third-order valence-corrected chi connectivity index (χ3v) is 4.93. The maximum absolute atomic E-state index is 12.6. The van der Waals surface area contributed by atoms with Gasteiger partial charge in [-0.1, -0.05) is 42.5 Å². The normalized spacial score (nSPS) is 10.6. The van der Waals surface area contributed by atoms with Crippen LogP contribution >= 0.6 is 0 Å². The van der Waals surface area contributed by atoms with Crippen LogP contribution in [0.15, 0.2) is 60.7 Å². The van der Waals surface area contributed by atoms with Crippen LogP contribution in [0.25, 0.3) is 0 Å². The number of nitrogens with zero attached hydrogens (tertiary/aromatic N) is 1. The Morgan fingerprint density at radius 1 is 0.931 bits per heavy atom. The van der Waals surface area contributed by atoms with Gasteiger partial charge in [-0.05, 0) is 43.2 Å². The van der Waals surface area contributed by atoms with Crippen molar-refractivity contribution in [2.75, 3.05) is 13.7 Å². The molecule has 0 radical (unpaired) electrons. The van der Waals surface area contributed by atoms with E-state index in [1.54, 1.807) is 31.4 Å². The van der Waals surface area contributed by atoms with Crippen molar-refractivity contribution in [3.63, 3.8) is 0 Å². The number of esters is 1. The number of ketones is 1. The van der Waals surface area contributed by atoms with Gasteiger partial charge in [0.15, 0.2) is 6.61 Å². The quantitative estimate of drug-likeness (QED) is 0.428. The Hall–Kier alpha value is -3.34. The smallest absolute Gasteiger partial charge is 0.310 e. The van der Waals surface area contributed by atoms with Crippen LogP contribution in [0, 0.1) is 13.8 Å². The number of rotatable bonds is 8. The standard InChI is InChI=1S/C24H25NO4/c1-17-13-22(18(2)25(17)15-20-7-5-4-6-8-20)23(26)16-29-24(27)14-19-9-11-21(28-3)12-10-19/h4-13H,14-16H2,1-3H3. The van der Waals surface area contributed by atoms with Gasteiger partial charge in [-0.25, -0.2) is 0 Å². The Morgan fingerprint density at radius 3 is 2.28 bits per heavy atom. The molecule has 0 N–H and O–H groups in total. The molecule has 1 heterocycles. The summed E-state index contributed by atoms with van der Waals surface area (Å²) in [6.45, 7) is 4.33. The molecule has 0 amide bonds. The van der Waals surface area contributed by atoms with E-state index in [-0.39, 0.29) is 18.8 Å². The van der Waals surface area contributed by atoms with E-state index in [4.69, 9.17) is 9.47 Å². The maximum Gasteiger partial charge on any atom is 0.310 e. The Balaban J connectivity index is 1.60. The van der Waals surface area contributed by atoms with Crippen LogP contribution in [-0.2, 0) is 22.5 Å². The average Bonchev–Trinajstić information content (AvgIpc) is 3.01. The summed E-state index contributed by atoms with van der Waals surface area (Å²) < 4.78 is 12.4. The fourth-order valence-corrected chi connectivity index (χ4v) is 3.28. The first-order valence-electron chi connectivity index (χ1n) is 9.50. The molecule has 29 heavy (non-hydrogen) atoms. The number of carbonyl (C=O) groups excluding carboxylic acids is 2. The first-order chi connectivity index (χ1) is 14.0. The summed E-state index contributed by atoms with van der Waals surface area (Å²) in [6, 6.07) is 19.1. The first kappa shape index (κ1) is 20.4. The van der Waals surface area contributed by atoms with Crippen molar-refractivity contribution < 1.29 is 19.1 Å². The minimum atomic E-state index is -0.429. The number of aromatic nitrogens is 1. The SMILES string of the molecule is COc1ccc(CC(=O)OCC(=O)c2cc(C)n(Cc3ccccc3)c2C)cc1. The van der Waals surface area contributed by atoms with Crippen LogP contribution in [0.2, 0.25) is 0 Å². The maximum atomic E-state index is 12.6. The molecule has 0 unspecified atom stereocenters. The Labute approximate surface area is 170 Å². The molecule has 0 saturated carbocycles. The Kier molecular flexibility index (Phi) is 6.50. The first-order valence-corrected chi connectivity index (χ1v) is 9.50. The number of hydrogen-bond donors (Lipinski definition) is 0. The number of carbonyl (C=O) groups is 2. The highest BCUT2D eigenvalue weighted by Gasteiger charge is 2.17. The van der Waals surface area contributed by atoms with Crippen LogP contribution in [0.5, 0.6) is 5.75 Å². The predicted molar refractivity (Wildman–Crippen MR) is 111 cm³/mol. The lowest BCUT2D eigenvalue weighted by Gasteiger charge is -2.10. The lowest BCUT2D eigenvalue weighted by Crippen LogP contribution is -2.16. The third-order valence-electron chi connectivity index (χ3n) is 4.93. The van der Waals surface area contributed by atoms with Crippen molar-refractivity contribution in [2.24, 2.45) is 0 Å². The molecule has 0 spiro atoms. The zero-order chi connectivity index (χ0) is 20.8. The molecule has 3 rings (SSSR count). The zero-order valence-corrected chi connectivity index (χ0v) is 17.0. The molecule has 3 aromatic rings. The van der Waals surface area contributed by atoms with E-state index in [1.807, 2.05) is 38.1 Å². The minimum Gasteiger partial charge on any atom is -0.497 e. The van der Waals surface area contributed by atoms with Gasteiger partial charge in [-0.15, -0.1) is 0 Å². The van der Waals surface area contributed by atoms with Crippen LogP contribution < -0.4 is 4.74 Å². The van der Waals surface area contributed by atoms with E-state index in [2.05, 4.69) is 16.7 Å². The summed E-state index contributed by atoms with van der Waals surface area (Å²) in [6.07, 6.45) is 0.115. The van der Waals surface area contributed by atoms with Crippen LogP contribution in [0.4, 0.5) is 0 Å². The summed E-state index contributed by atoms with van der Waals surface area (Å²) in [7, 11) is 1.59. The van der Waals surface area contributed by atoms with Crippen molar-refractivity contribution >= 4 is 11.8 Å². The largest absolute Gasteiger partial charge is 0.497 e. The highest BCUT2D eigenvalue weighted by atomic mass is 16.5. The molecule has 0 aliphatic heterocycles. The molecular weight excluding hydrogens is 366 g/mol. The van der Waals surface area contributed by atoms with Gasteiger partial charge in [0, 0.05) is 23.5 Å². The van der Waals surface area contributed by atoms with E-state index in [0.717, 1.165) is 22.7 Å². The summed E-state index contributed by atoms with van der Waals surface area (Å²) >= 11 is 0. The lowest BCUT2D eigenvalue weighted by atomic mass is 10.1. The molecule has 0 atom stereocenters. The lowest BCUT2D eigenvalue weighted by molar-refractivity contribution is -0.141. The molecule has 2 aromatic carbocycles. The van der Waals surface area contributed by atoms with E-state index >= 15 is 0 Å². The van der Waals surface area contributed by atoms with Crippen molar-refractivity contribution in [3.8, 4) is 5.75 Å². The van der Waals surface area contributed by atoms with Gasteiger partial charge in [0.1, 0.15) is 5.75 Å². The molecule has 5 heteroatoms. The number of benzene rings is 2. The molecule has 0 aliphatic carbocycles. The van der Waals surface area contributed by atoms with Crippen molar-refractivity contribution in [1.82, 2.24) is 4.57 Å². The van der Waals surface area contributed by atoms with Crippen LogP contribution in [0.1, 0.15) is 32.9 Å². The third kappa shape index (κ3) is 5.13. The van der Waals surface area contributed by atoms with Gasteiger partial charge >= 0.3 is 5.97 Å². The van der Waals surface area contributed by atoms with E-state index in [9.17, 15) is 9.59 Å². The molecule has 5 nitrogen and oxygen atoms in total.